The summed E-state index contributed by atoms with van der Waals surface area (Å²) in [6.45, 7) is 2.75. The summed E-state index contributed by atoms with van der Waals surface area (Å²) in [5.74, 6) is 0.0942. The highest BCUT2D eigenvalue weighted by Gasteiger charge is 2.13. The molecule has 4 aromatic rings. The van der Waals surface area contributed by atoms with E-state index in [1.807, 2.05) is 55.5 Å². The number of hydrogen-bond donors (Lipinski definition) is 1. The Morgan fingerprint density at radius 2 is 1.93 bits per heavy atom. The maximum atomic E-state index is 12.2. The fraction of sp³-hybridized carbons (Fsp3) is 0.136. The van der Waals surface area contributed by atoms with E-state index in [0.717, 1.165) is 21.1 Å². The molecule has 0 fully saturated rings. The highest BCUT2D eigenvalue weighted by molar-refractivity contribution is 7.99. The van der Waals surface area contributed by atoms with Gasteiger partial charge in [0, 0.05) is 9.75 Å². The van der Waals surface area contributed by atoms with Crippen LogP contribution >= 0.6 is 23.1 Å². The normalized spacial score (nSPS) is 11.3. The number of carbonyl (C=O) groups excluding carboxylic acids is 1. The number of nitrogens with one attached hydrogen (secondary N) is 1. The van der Waals surface area contributed by atoms with Gasteiger partial charge >= 0.3 is 0 Å². The third-order valence-corrected chi connectivity index (χ3v) is 6.19. The Morgan fingerprint density at radius 1 is 1.14 bits per heavy atom. The van der Waals surface area contributed by atoms with Crippen LogP contribution in [0.3, 0.4) is 0 Å². The average molecular weight is 421 g/mol. The van der Waals surface area contributed by atoms with Crippen molar-refractivity contribution in [3.8, 4) is 0 Å². The third kappa shape index (κ3) is 4.93. The Balaban J connectivity index is 1.45. The first kappa shape index (κ1) is 19.4. The van der Waals surface area contributed by atoms with E-state index >= 15 is 0 Å². The molecule has 0 radical (unpaired) electrons. The van der Waals surface area contributed by atoms with Crippen molar-refractivity contribution in [3.05, 3.63) is 82.0 Å². The van der Waals surface area contributed by atoms with E-state index in [1.54, 1.807) is 17.6 Å². The molecule has 4 rings (SSSR count). The van der Waals surface area contributed by atoms with Gasteiger partial charge < -0.3 is 4.57 Å². The minimum atomic E-state index is -0.155. The Hall–Kier alpha value is -2.90. The monoisotopic (exact) mass is 420 g/mol. The summed E-state index contributed by atoms with van der Waals surface area (Å²) in [6, 6.07) is 22.3. The molecule has 2 aromatic heterocycles. The molecule has 0 aliphatic heterocycles. The molecule has 0 aliphatic rings. The molecule has 2 heterocycles. The van der Waals surface area contributed by atoms with Gasteiger partial charge in [-0.3, -0.25) is 4.79 Å². The van der Waals surface area contributed by atoms with Crippen molar-refractivity contribution < 1.29 is 4.79 Å². The van der Waals surface area contributed by atoms with Crippen LogP contribution in [0.2, 0.25) is 0 Å². The SMILES string of the molecule is Cc1ccc(/C=N\NC(=O)CSc2nc3ccccc3n2Cc2ccccc2)s1. The number of para-hydroxylation sites is 2. The van der Waals surface area contributed by atoms with Gasteiger partial charge in [-0.25, -0.2) is 10.4 Å². The number of hydrazone groups is 1. The fourth-order valence-corrected chi connectivity index (χ4v) is 4.49. The molecule has 0 saturated carbocycles. The quantitative estimate of drug-likeness (QED) is 0.268. The minimum Gasteiger partial charge on any atom is -0.314 e. The van der Waals surface area contributed by atoms with Crippen LogP contribution in [-0.4, -0.2) is 27.4 Å². The molecule has 0 saturated heterocycles. The van der Waals surface area contributed by atoms with E-state index in [1.165, 1.54) is 22.2 Å². The van der Waals surface area contributed by atoms with Crippen molar-refractivity contribution in [1.29, 1.82) is 0 Å². The molecule has 1 N–H and O–H groups in total. The first-order chi connectivity index (χ1) is 14.2. The molecule has 0 bridgehead atoms. The number of amides is 1. The number of fused-ring (bicyclic) bond motifs is 1. The number of hydrogen-bond acceptors (Lipinski definition) is 5. The Labute approximate surface area is 177 Å². The van der Waals surface area contributed by atoms with Gasteiger partial charge in [0.25, 0.3) is 5.91 Å². The topological polar surface area (TPSA) is 59.3 Å². The molecule has 2 aromatic carbocycles. The summed E-state index contributed by atoms with van der Waals surface area (Å²) in [7, 11) is 0. The van der Waals surface area contributed by atoms with Crippen LogP contribution in [0.4, 0.5) is 0 Å². The molecule has 0 atom stereocenters. The molecule has 5 nitrogen and oxygen atoms in total. The zero-order valence-electron chi connectivity index (χ0n) is 15.9. The number of aryl methyl sites for hydroxylation is 1. The van der Waals surface area contributed by atoms with Gasteiger partial charge in [-0.1, -0.05) is 54.2 Å². The number of nitrogens with zero attached hydrogens (tertiary/aromatic N) is 3. The van der Waals surface area contributed by atoms with Gasteiger partial charge in [-0.15, -0.1) is 11.3 Å². The largest absolute Gasteiger partial charge is 0.314 e. The highest BCUT2D eigenvalue weighted by Crippen LogP contribution is 2.25. The first-order valence-electron chi connectivity index (χ1n) is 9.19. The molecule has 1 amide bonds. The van der Waals surface area contributed by atoms with E-state index in [-0.39, 0.29) is 11.7 Å². The average Bonchev–Trinajstić information content (AvgIpc) is 3.31. The number of benzene rings is 2. The highest BCUT2D eigenvalue weighted by atomic mass is 32.2. The predicted octanol–water partition coefficient (Wildman–Crippen LogP) is 4.70. The first-order valence-corrected chi connectivity index (χ1v) is 11.0. The van der Waals surface area contributed by atoms with Gasteiger partial charge in [0.1, 0.15) is 0 Å². The molecular formula is C22H20N4OS2. The molecule has 0 unspecified atom stereocenters. The van der Waals surface area contributed by atoms with E-state index < -0.39 is 0 Å². The molecule has 0 aliphatic carbocycles. The van der Waals surface area contributed by atoms with E-state index in [0.29, 0.717) is 6.54 Å². The van der Waals surface area contributed by atoms with Crippen LogP contribution in [-0.2, 0) is 11.3 Å². The third-order valence-electron chi connectivity index (χ3n) is 4.28. The van der Waals surface area contributed by atoms with Crippen LogP contribution < -0.4 is 5.43 Å². The van der Waals surface area contributed by atoms with Gasteiger partial charge in [-0.05, 0) is 36.8 Å². The lowest BCUT2D eigenvalue weighted by Crippen LogP contribution is -2.20. The molecule has 7 heteroatoms. The van der Waals surface area contributed by atoms with Crippen molar-refractivity contribution in [2.45, 2.75) is 18.6 Å². The number of rotatable bonds is 7. The maximum absolute atomic E-state index is 12.2. The second kappa shape index (κ2) is 9.07. The summed E-state index contributed by atoms with van der Waals surface area (Å²) in [4.78, 5) is 19.2. The Kier molecular flexibility index (Phi) is 6.07. The zero-order valence-corrected chi connectivity index (χ0v) is 17.5. The predicted molar refractivity (Wildman–Crippen MR) is 121 cm³/mol. The lowest BCUT2D eigenvalue weighted by molar-refractivity contribution is -0.118. The summed E-state index contributed by atoms with van der Waals surface area (Å²) < 4.78 is 2.15. The molecule has 29 heavy (non-hydrogen) atoms. The number of carbonyl (C=O) groups is 1. The summed E-state index contributed by atoms with van der Waals surface area (Å²) in [6.07, 6.45) is 1.67. The van der Waals surface area contributed by atoms with Crippen molar-refractivity contribution in [2.24, 2.45) is 5.10 Å². The second-order valence-electron chi connectivity index (χ2n) is 6.49. The van der Waals surface area contributed by atoms with E-state index in [4.69, 9.17) is 4.98 Å². The summed E-state index contributed by atoms with van der Waals surface area (Å²) >= 11 is 3.05. The summed E-state index contributed by atoms with van der Waals surface area (Å²) in [5.41, 5.74) is 5.77. The molecule has 146 valence electrons. The van der Waals surface area contributed by atoms with Crippen molar-refractivity contribution in [1.82, 2.24) is 15.0 Å². The van der Waals surface area contributed by atoms with Gasteiger partial charge in [0.15, 0.2) is 5.16 Å². The van der Waals surface area contributed by atoms with E-state index in [9.17, 15) is 4.79 Å². The second-order valence-corrected chi connectivity index (χ2v) is 8.75. The lowest BCUT2D eigenvalue weighted by Gasteiger charge is -2.09. The Morgan fingerprint density at radius 3 is 2.72 bits per heavy atom. The fourth-order valence-electron chi connectivity index (χ4n) is 2.94. The Bertz CT molecular complexity index is 1150. The smallest absolute Gasteiger partial charge is 0.250 e. The van der Waals surface area contributed by atoms with Crippen LogP contribution in [0, 0.1) is 6.92 Å². The summed E-state index contributed by atoms with van der Waals surface area (Å²) in [5, 5.41) is 4.87. The van der Waals surface area contributed by atoms with Gasteiger partial charge in [0.2, 0.25) is 0 Å². The van der Waals surface area contributed by atoms with Crippen LogP contribution in [0.25, 0.3) is 11.0 Å². The number of thioether (sulfide) groups is 1. The van der Waals surface area contributed by atoms with Crippen molar-refractivity contribution >= 4 is 46.3 Å². The number of thiophene rings is 1. The standard InChI is InChI=1S/C22H20N4OS2/c1-16-11-12-18(29-16)13-23-25-21(27)15-28-22-24-19-9-5-6-10-20(19)26(22)14-17-7-3-2-4-8-17/h2-13H,14-15H2,1H3,(H,25,27)/b23-13-. The zero-order chi connectivity index (χ0) is 20.1. The van der Waals surface area contributed by atoms with E-state index in [2.05, 4.69) is 33.3 Å². The minimum absolute atomic E-state index is 0.155. The maximum Gasteiger partial charge on any atom is 0.250 e. The van der Waals surface area contributed by atoms with Crippen molar-refractivity contribution in [3.63, 3.8) is 0 Å². The van der Waals surface area contributed by atoms with Crippen molar-refractivity contribution in [2.75, 3.05) is 5.75 Å². The number of aromatic nitrogens is 2. The van der Waals surface area contributed by atoms with Crippen LogP contribution in [0.5, 0.6) is 0 Å². The van der Waals surface area contributed by atoms with Gasteiger partial charge in [-0.2, -0.15) is 5.10 Å². The van der Waals surface area contributed by atoms with Crippen LogP contribution in [0.15, 0.2) is 77.0 Å². The van der Waals surface area contributed by atoms with Gasteiger partial charge in [0.05, 0.1) is 29.5 Å². The molecular weight excluding hydrogens is 400 g/mol. The number of imidazole rings is 1. The lowest BCUT2D eigenvalue weighted by atomic mass is 10.2. The molecule has 0 spiro atoms. The van der Waals surface area contributed by atoms with Crippen LogP contribution in [0.1, 0.15) is 15.3 Å².